The molecule has 0 saturated carbocycles. The van der Waals surface area contributed by atoms with E-state index in [2.05, 4.69) is 5.32 Å². The molecule has 0 saturated heterocycles. The summed E-state index contributed by atoms with van der Waals surface area (Å²) in [4.78, 5) is 0. The molecule has 2 aromatic rings. The van der Waals surface area contributed by atoms with Gasteiger partial charge < -0.3 is 11.1 Å². The molecular formula is C12H11FN2. The fourth-order valence-electron chi connectivity index (χ4n) is 1.34. The van der Waals surface area contributed by atoms with Gasteiger partial charge >= 0.3 is 0 Å². The summed E-state index contributed by atoms with van der Waals surface area (Å²) in [5.74, 6) is -0.348. The van der Waals surface area contributed by atoms with Gasteiger partial charge in [-0.2, -0.15) is 0 Å². The molecule has 2 nitrogen and oxygen atoms in total. The van der Waals surface area contributed by atoms with Crippen molar-refractivity contribution in [3.8, 4) is 0 Å². The van der Waals surface area contributed by atoms with Crippen LogP contribution >= 0.6 is 0 Å². The number of rotatable bonds is 2. The fraction of sp³-hybridized carbons (Fsp3) is 0. The van der Waals surface area contributed by atoms with Gasteiger partial charge in [-0.1, -0.05) is 24.3 Å². The van der Waals surface area contributed by atoms with Crippen molar-refractivity contribution in [1.82, 2.24) is 0 Å². The third-order valence-electron chi connectivity index (χ3n) is 2.09. The zero-order chi connectivity index (χ0) is 10.7. The molecule has 3 heteroatoms. The Morgan fingerprint density at radius 3 is 2.33 bits per heavy atom. The number of nitrogen functional groups attached to an aromatic ring is 1. The molecule has 2 rings (SSSR count). The van der Waals surface area contributed by atoms with Crippen LogP contribution in [-0.4, -0.2) is 0 Å². The summed E-state index contributed by atoms with van der Waals surface area (Å²) in [7, 11) is 0. The Labute approximate surface area is 87.5 Å². The second-order valence-electron chi connectivity index (χ2n) is 3.20. The molecule has 2 aromatic carbocycles. The van der Waals surface area contributed by atoms with Crippen LogP contribution in [0.25, 0.3) is 0 Å². The molecule has 0 aliphatic carbocycles. The average Bonchev–Trinajstić information content (AvgIpc) is 2.25. The smallest absolute Gasteiger partial charge is 0.148 e. The highest BCUT2D eigenvalue weighted by atomic mass is 19.1. The van der Waals surface area contributed by atoms with E-state index in [1.807, 2.05) is 30.3 Å². The first-order chi connectivity index (χ1) is 7.27. The molecule has 0 spiro atoms. The quantitative estimate of drug-likeness (QED) is 0.734. The normalized spacial score (nSPS) is 9.93. The maximum atomic E-state index is 13.4. The molecule has 0 atom stereocenters. The topological polar surface area (TPSA) is 38.0 Å². The van der Waals surface area contributed by atoms with Crippen LogP contribution in [0.5, 0.6) is 0 Å². The maximum absolute atomic E-state index is 13.4. The minimum Gasteiger partial charge on any atom is -0.397 e. The van der Waals surface area contributed by atoms with Crippen molar-refractivity contribution in [2.75, 3.05) is 11.1 Å². The Kier molecular flexibility index (Phi) is 2.54. The van der Waals surface area contributed by atoms with Gasteiger partial charge in [0.2, 0.25) is 0 Å². The molecule has 0 aromatic heterocycles. The fourth-order valence-corrected chi connectivity index (χ4v) is 1.34. The number of nitrogens with two attached hydrogens (primary N) is 1. The summed E-state index contributed by atoms with van der Waals surface area (Å²) in [5.41, 5.74) is 7.21. The monoisotopic (exact) mass is 202 g/mol. The third kappa shape index (κ3) is 2.07. The number of hydrogen-bond donors (Lipinski definition) is 2. The summed E-state index contributed by atoms with van der Waals surface area (Å²) in [6, 6.07) is 14.0. The van der Waals surface area contributed by atoms with E-state index in [1.165, 1.54) is 6.07 Å². The first-order valence-electron chi connectivity index (χ1n) is 4.63. The molecule has 3 N–H and O–H groups in total. The zero-order valence-electron chi connectivity index (χ0n) is 8.07. The van der Waals surface area contributed by atoms with Crippen molar-refractivity contribution in [2.45, 2.75) is 0 Å². The highest BCUT2D eigenvalue weighted by Crippen LogP contribution is 2.25. The van der Waals surface area contributed by atoms with Crippen molar-refractivity contribution in [3.05, 3.63) is 54.3 Å². The lowest BCUT2D eigenvalue weighted by Crippen LogP contribution is -1.98. The molecule has 0 amide bonds. The van der Waals surface area contributed by atoms with E-state index in [4.69, 9.17) is 5.73 Å². The lowest BCUT2D eigenvalue weighted by Gasteiger charge is -2.09. The van der Waals surface area contributed by atoms with Crippen LogP contribution in [0, 0.1) is 5.82 Å². The highest BCUT2D eigenvalue weighted by molar-refractivity contribution is 5.72. The van der Waals surface area contributed by atoms with Crippen LogP contribution in [0.3, 0.4) is 0 Å². The molecule has 0 aliphatic rings. The molecule has 15 heavy (non-hydrogen) atoms. The van der Waals surface area contributed by atoms with Gasteiger partial charge in [0.25, 0.3) is 0 Å². The third-order valence-corrected chi connectivity index (χ3v) is 2.09. The molecule has 0 aliphatic heterocycles. The van der Waals surface area contributed by atoms with E-state index in [0.29, 0.717) is 11.4 Å². The molecule has 0 unspecified atom stereocenters. The average molecular weight is 202 g/mol. The van der Waals surface area contributed by atoms with Gasteiger partial charge in [-0.25, -0.2) is 4.39 Å². The first kappa shape index (κ1) is 9.52. The van der Waals surface area contributed by atoms with Crippen LogP contribution in [0.4, 0.5) is 21.5 Å². The van der Waals surface area contributed by atoms with E-state index < -0.39 is 0 Å². The SMILES string of the molecule is Nc1cccc(F)c1Nc1ccccc1. The predicted molar refractivity (Wildman–Crippen MR) is 60.5 cm³/mol. The van der Waals surface area contributed by atoms with Crippen molar-refractivity contribution < 1.29 is 4.39 Å². The molecule has 0 heterocycles. The summed E-state index contributed by atoms with van der Waals surface area (Å²) >= 11 is 0. The Hall–Kier alpha value is -2.03. The molecule has 76 valence electrons. The molecule has 0 bridgehead atoms. The van der Waals surface area contributed by atoms with Crippen molar-refractivity contribution in [2.24, 2.45) is 0 Å². The predicted octanol–water partition coefficient (Wildman–Crippen LogP) is 3.15. The standard InChI is InChI=1S/C12H11FN2/c13-10-7-4-8-11(14)12(10)15-9-5-2-1-3-6-9/h1-8,15H,14H2. The van der Waals surface area contributed by atoms with Gasteiger partial charge in [0, 0.05) is 5.69 Å². The van der Waals surface area contributed by atoms with Crippen molar-refractivity contribution in [3.63, 3.8) is 0 Å². The van der Waals surface area contributed by atoms with Crippen LogP contribution in [0.1, 0.15) is 0 Å². The van der Waals surface area contributed by atoms with Crippen LogP contribution in [0.2, 0.25) is 0 Å². The van der Waals surface area contributed by atoms with E-state index >= 15 is 0 Å². The summed E-state index contributed by atoms with van der Waals surface area (Å²) < 4.78 is 13.4. The number of anilines is 3. The zero-order valence-corrected chi connectivity index (χ0v) is 8.07. The molecule has 0 radical (unpaired) electrons. The van der Waals surface area contributed by atoms with Gasteiger partial charge in [0.05, 0.1) is 11.4 Å². The van der Waals surface area contributed by atoms with Crippen molar-refractivity contribution in [1.29, 1.82) is 0 Å². The van der Waals surface area contributed by atoms with Gasteiger partial charge in [-0.05, 0) is 24.3 Å². The summed E-state index contributed by atoms with van der Waals surface area (Å²) in [6.45, 7) is 0. The van der Waals surface area contributed by atoms with E-state index in [9.17, 15) is 4.39 Å². The summed E-state index contributed by atoms with van der Waals surface area (Å²) in [6.07, 6.45) is 0. The second-order valence-corrected chi connectivity index (χ2v) is 3.20. The number of nitrogens with one attached hydrogen (secondary N) is 1. The Bertz CT molecular complexity index is 434. The lowest BCUT2D eigenvalue weighted by atomic mass is 10.2. The van der Waals surface area contributed by atoms with Crippen molar-refractivity contribution >= 4 is 17.1 Å². The highest BCUT2D eigenvalue weighted by Gasteiger charge is 2.04. The van der Waals surface area contributed by atoms with Gasteiger partial charge in [0.15, 0.2) is 0 Å². The Morgan fingerprint density at radius 2 is 1.67 bits per heavy atom. The van der Waals surface area contributed by atoms with Gasteiger partial charge in [-0.3, -0.25) is 0 Å². The molecular weight excluding hydrogens is 191 g/mol. The minimum atomic E-state index is -0.348. The summed E-state index contributed by atoms with van der Waals surface area (Å²) in [5, 5.41) is 2.94. The molecule has 0 fully saturated rings. The first-order valence-corrected chi connectivity index (χ1v) is 4.63. The number of hydrogen-bond acceptors (Lipinski definition) is 2. The minimum absolute atomic E-state index is 0.323. The van der Waals surface area contributed by atoms with E-state index in [1.54, 1.807) is 12.1 Å². The second kappa shape index (κ2) is 4.00. The number of halogens is 1. The Balaban J connectivity index is 2.32. The van der Waals surface area contributed by atoms with Crippen LogP contribution in [-0.2, 0) is 0 Å². The number of benzene rings is 2. The largest absolute Gasteiger partial charge is 0.397 e. The van der Waals surface area contributed by atoms with Crippen LogP contribution < -0.4 is 11.1 Å². The van der Waals surface area contributed by atoms with Gasteiger partial charge in [0.1, 0.15) is 5.82 Å². The van der Waals surface area contributed by atoms with Gasteiger partial charge in [-0.15, -0.1) is 0 Å². The Morgan fingerprint density at radius 1 is 0.933 bits per heavy atom. The number of para-hydroxylation sites is 2. The van der Waals surface area contributed by atoms with Crippen LogP contribution in [0.15, 0.2) is 48.5 Å². The maximum Gasteiger partial charge on any atom is 0.148 e. The van der Waals surface area contributed by atoms with E-state index in [-0.39, 0.29) is 5.82 Å². The lowest BCUT2D eigenvalue weighted by molar-refractivity contribution is 0.632. The van der Waals surface area contributed by atoms with E-state index in [0.717, 1.165) is 5.69 Å².